The number of carbonyl (C=O) groups is 2. The van der Waals surface area contributed by atoms with Gasteiger partial charge in [-0.05, 0) is 65.9 Å². The molecule has 6 heterocycles. The standard InChI is InChI=1S/C21H23N3O4.C21H23N3O3.2C2H6.2H2/c1-21(2)27-12-16-14(10-23-18(19(16)28-21)20(25)22-3)11-24-8-7-13-9-15(26-4)5-6-17(13)24;1-13-5-6-17-14(9-13)7-8-24(17)11-15-10-23-18(20(25)22-4)19-16(15)12-26-21(2,3)27-19;2*1-2;;/h5-10H,11-12H2,1-4H3,(H,22,25);5-10H,11-12H2,1-4H3,(H,22,25);2*1-2H3;2*1H. The van der Waals surface area contributed by atoms with Crippen molar-refractivity contribution in [3.8, 4) is 17.2 Å². The van der Waals surface area contributed by atoms with Crippen LogP contribution < -0.4 is 24.8 Å². The van der Waals surface area contributed by atoms with Crippen LogP contribution in [0.15, 0.2) is 73.3 Å². The van der Waals surface area contributed by atoms with Gasteiger partial charge in [-0.3, -0.25) is 9.59 Å². The van der Waals surface area contributed by atoms with Gasteiger partial charge in [0.15, 0.2) is 22.9 Å². The van der Waals surface area contributed by atoms with Crippen LogP contribution in [0.4, 0.5) is 0 Å². The zero-order valence-electron chi connectivity index (χ0n) is 36.4. The van der Waals surface area contributed by atoms with Crippen LogP contribution in [0.3, 0.4) is 0 Å². The molecule has 8 rings (SSSR count). The molecule has 2 aromatic carbocycles. The number of carbonyl (C=O) groups excluding carboxylic acids is 2. The Kier molecular flexibility index (Phi) is 14.1. The molecule has 13 nitrogen and oxygen atoms in total. The van der Waals surface area contributed by atoms with Crippen molar-refractivity contribution in [2.24, 2.45) is 0 Å². The van der Waals surface area contributed by atoms with Crippen molar-refractivity contribution in [3.63, 3.8) is 0 Å². The van der Waals surface area contributed by atoms with E-state index >= 15 is 0 Å². The zero-order chi connectivity index (χ0) is 43.1. The molecule has 0 radical (unpaired) electrons. The number of fused-ring (bicyclic) bond motifs is 4. The first kappa shape index (κ1) is 44.2. The highest BCUT2D eigenvalue weighted by molar-refractivity contribution is 5.96. The van der Waals surface area contributed by atoms with E-state index in [2.05, 4.69) is 67.1 Å². The Labute approximate surface area is 350 Å². The van der Waals surface area contributed by atoms with Gasteiger partial charge in [-0.2, -0.15) is 0 Å². The van der Waals surface area contributed by atoms with E-state index in [1.807, 2.05) is 85.9 Å². The molecule has 4 aromatic heterocycles. The third kappa shape index (κ3) is 9.69. The summed E-state index contributed by atoms with van der Waals surface area (Å²) in [5.74, 6) is -0.332. The summed E-state index contributed by atoms with van der Waals surface area (Å²) >= 11 is 0. The molecule has 2 aliphatic rings. The first-order valence-electron chi connectivity index (χ1n) is 20.1. The molecular weight excluding hydrogens is 749 g/mol. The summed E-state index contributed by atoms with van der Waals surface area (Å²) in [5.41, 5.74) is 7.70. The molecule has 0 atom stereocenters. The van der Waals surface area contributed by atoms with Crippen LogP contribution in [-0.2, 0) is 35.8 Å². The topological polar surface area (TPSA) is 140 Å². The van der Waals surface area contributed by atoms with Crippen LogP contribution in [0.1, 0.15) is 107 Å². The molecule has 59 heavy (non-hydrogen) atoms. The van der Waals surface area contributed by atoms with Gasteiger partial charge in [-0.15, -0.1) is 0 Å². The molecule has 0 saturated heterocycles. The molecule has 0 spiro atoms. The molecule has 2 N–H and O–H groups in total. The minimum Gasteiger partial charge on any atom is -0.497 e. The summed E-state index contributed by atoms with van der Waals surface area (Å²) < 4.78 is 33.2. The van der Waals surface area contributed by atoms with Gasteiger partial charge in [-0.1, -0.05) is 39.3 Å². The fourth-order valence-corrected chi connectivity index (χ4v) is 6.81. The number of amides is 2. The van der Waals surface area contributed by atoms with Gasteiger partial charge in [0.25, 0.3) is 11.8 Å². The fraction of sp³-hybridized carbons (Fsp3) is 0.391. The van der Waals surface area contributed by atoms with Crippen molar-refractivity contribution in [2.75, 3.05) is 21.2 Å². The second-order valence-corrected chi connectivity index (χ2v) is 14.5. The minimum atomic E-state index is -0.813. The van der Waals surface area contributed by atoms with E-state index in [1.165, 1.54) is 10.9 Å². The normalized spacial score (nSPS) is 14.3. The average molecular weight is 811 g/mol. The summed E-state index contributed by atoms with van der Waals surface area (Å²) in [6.45, 7) is 19.3. The zero-order valence-corrected chi connectivity index (χ0v) is 36.4. The number of methoxy groups -OCH3 is 1. The van der Waals surface area contributed by atoms with Crippen LogP contribution in [0.2, 0.25) is 0 Å². The van der Waals surface area contributed by atoms with E-state index in [0.717, 1.165) is 44.4 Å². The number of hydrogen-bond acceptors (Lipinski definition) is 9. The quantitative estimate of drug-likeness (QED) is 0.162. The maximum atomic E-state index is 12.2. The molecule has 13 heteroatoms. The Morgan fingerprint density at radius 2 is 1.15 bits per heavy atom. The first-order chi connectivity index (χ1) is 28.3. The lowest BCUT2D eigenvalue weighted by molar-refractivity contribution is -0.181. The van der Waals surface area contributed by atoms with Crippen molar-refractivity contribution >= 4 is 33.6 Å². The first-order valence-corrected chi connectivity index (χ1v) is 20.1. The Morgan fingerprint density at radius 3 is 1.59 bits per heavy atom. The van der Waals surface area contributed by atoms with E-state index in [9.17, 15) is 9.59 Å². The summed E-state index contributed by atoms with van der Waals surface area (Å²) in [4.78, 5) is 33.3. The monoisotopic (exact) mass is 810 g/mol. The smallest absolute Gasteiger partial charge is 0.273 e. The van der Waals surface area contributed by atoms with Crippen LogP contribution in [0, 0.1) is 6.92 Å². The number of aromatic nitrogens is 4. The number of nitrogens with zero attached hydrogens (tertiary/aromatic N) is 4. The Bertz CT molecular complexity index is 2440. The third-order valence-electron chi connectivity index (χ3n) is 9.75. The van der Waals surface area contributed by atoms with Gasteiger partial charge >= 0.3 is 0 Å². The molecule has 318 valence electrons. The second kappa shape index (κ2) is 18.8. The summed E-state index contributed by atoms with van der Waals surface area (Å²) in [6, 6.07) is 16.5. The van der Waals surface area contributed by atoms with E-state index in [-0.39, 0.29) is 20.4 Å². The van der Waals surface area contributed by atoms with E-state index in [4.69, 9.17) is 23.7 Å². The van der Waals surface area contributed by atoms with Crippen molar-refractivity contribution in [1.29, 1.82) is 0 Å². The predicted molar refractivity (Wildman–Crippen MR) is 235 cm³/mol. The Morgan fingerprint density at radius 1 is 0.712 bits per heavy atom. The second-order valence-electron chi connectivity index (χ2n) is 14.5. The average Bonchev–Trinajstić information content (AvgIpc) is 3.83. The molecule has 2 amide bonds. The number of hydrogen-bond donors (Lipinski definition) is 2. The summed E-state index contributed by atoms with van der Waals surface area (Å²) in [5, 5.41) is 7.54. The van der Waals surface area contributed by atoms with Gasteiger partial charge in [-0.25, -0.2) is 9.97 Å². The Hall–Kier alpha value is -5.92. The predicted octanol–water partition coefficient (Wildman–Crippen LogP) is 9.04. The molecule has 0 fully saturated rings. The lowest BCUT2D eigenvalue weighted by Crippen LogP contribution is -2.37. The van der Waals surface area contributed by atoms with Crippen LogP contribution in [0.25, 0.3) is 21.8 Å². The number of nitrogens with one attached hydrogen (secondary N) is 2. The van der Waals surface area contributed by atoms with Crippen molar-refractivity contribution in [3.05, 3.63) is 113 Å². The lowest BCUT2D eigenvalue weighted by atomic mass is 10.1. The highest BCUT2D eigenvalue weighted by Gasteiger charge is 2.34. The lowest BCUT2D eigenvalue weighted by Gasteiger charge is -2.34. The van der Waals surface area contributed by atoms with E-state index < -0.39 is 11.6 Å². The molecule has 0 saturated carbocycles. The van der Waals surface area contributed by atoms with Gasteiger partial charge in [0.1, 0.15) is 5.75 Å². The van der Waals surface area contributed by atoms with Gasteiger partial charge in [0, 0.05) is 110 Å². The number of benzene rings is 2. The maximum absolute atomic E-state index is 12.2. The SMILES string of the molecule is CC.CC.CNC(=O)c1ncc(Cn2ccc3cc(C)ccc32)c2c1OC(C)(C)OC2.CNC(=O)c1ncc(Cn2ccc3cc(OC)ccc32)c2c1OC(C)(C)OC2.[HH].[HH]. The van der Waals surface area contributed by atoms with Gasteiger partial charge < -0.3 is 43.5 Å². The van der Waals surface area contributed by atoms with Crippen LogP contribution in [-0.4, -0.2) is 63.7 Å². The van der Waals surface area contributed by atoms with Crippen molar-refractivity contribution < 1.29 is 36.1 Å². The van der Waals surface area contributed by atoms with Crippen LogP contribution in [0.5, 0.6) is 17.2 Å². The molecule has 0 bridgehead atoms. The minimum absolute atomic E-state index is 0. The van der Waals surface area contributed by atoms with Crippen molar-refractivity contribution in [2.45, 2.75) is 100 Å². The highest BCUT2D eigenvalue weighted by Crippen LogP contribution is 2.38. The summed E-state index contributed by atoms with van der Waals surface area (Å²) in [6.07, 6.45) is 7.56. The largest absolute Gasteiger partial charge is 0.497 e. The van der Waals surface area contributed by atoms with E-state index in [1.54, 1.807) is 33.6 Å². The fourth-order valence-electron chi connectivity index (χ4n) is 6.81. The number of rotatable bonds is 7. The highest BCUT2D eigenvalue weighted by atomic mass is 16.7. The molecule has 0 aliphatic carbocycles. The number of ether oxygens (including phenoxy) is 5. The Balaban J connectivity index is 0.000000292. The van der Waals surface area contributed by atoms with Crippen molar-refractivity contribution in [1.82, 2.24) is 29.7 Å². The molecule has 2 aliphatic heterocycles. The van der Waals surface area contributed by atoms with Gasteiger partial charge in [0.05, 0.1) is 20.3 Å². The molecule has 6 aromatic rings. The molecule has 0 unspecified atom stereocenters. The number of aryl methyl sites for hydroxylation is 1. The third-order valence-corrected chi connectivity index (χ3v) is 9.75. The maximum Gasteiger partial charge on any atom is 0.273 e. The summed E-state index contributed by atoms with van der Waals surface area (Å²) in [7, 11) is 4.82. The van der Waals surface area contributed by atoms with E-state index in [0.29, 0.717) is 43.5 Å². The molecular formula is C46H62N6O7. The van der Waals surface area contributed by atoms with Crippen LogP contribution >= 0.6 is 0 Å². The number of pyridine rings is 2. The van der Waals surface area contributed by atoms with Gasteiger partial charge in [0.2, 0.25) is 11.6 Å².